The molecule has 5 nitrogen and oxygen atoms in total. The van der Waals surface area contributed by atoms with Gasteiger partial charge in [-0.1, -0.05) is 25.1 Å². The van der Waals surface area contributed by atoms with Crippen molar-refractivity contribution < 1.29 is 0 Å². The molecule has 108 valence electrons. The molecule has 21 heavy (non-hydrogen) atoms. The van der Waals surface area contributed by atoms with E-state index in [-0.39, 0.29) is 0 Å². The summed E-state index contributed by atoms with van der Waals surface area (Å²) in [6.07, 6.45) is 5.82. The molecule has 3 rings (SSSR count). The van der Waals surface area contributed by atoms with E-state index in [0.717, 1.165) is 36.8 Å². The molecule has 0 saturated heterocycles. The zero-order valence-corrected chi connectivity index (χ0v) is 12.1. The van der Waals surface area contributed by atoms with Crippen molar-refractivity contribution in [2.45, 2.75) is 20.0 Å². The third kappa shape index (κ3) is 3.20. The summed E-state index contributed by atoms with van der Waals surface area (Å²) in [6.45, 7) is 4.55. The minimum atomic E-state index is 0.737. The fraction of sp³-hybridized carbons (Fsp3) is 0.250. The van der Waals surface area contributed by atoms with Gasteiger partial charge >= 0.3 is 0 Å². The Morgan fingerprint density at radius 1 is 1.10 bits per heavy atom. The van der Waals surface area contributed by atoms with Gasteiger partial charge in [-0.3, -0.25) is 0 Å². The summed E-state index contributed by atoms with van der Waals surface area (Å²) < 4.78 is 4.02. The summed E-state index contributed by atoms with van der Waals surface area (Å²) in [7, 11) is 0. The monoisotopic (exact) mass is 281 g/mol. The average Bonchev–Trinajstić information content (AvgIpc) is 3.16. The van der Waals surface area contributed by atoms with E-state index in [9.17, 15) is 0 Å². The summed E-state index contributed by atoms with van der Waals surface area (Å²) in [5.41, 5.74) is 2.09. The van der Waals surface area contributed by atoms with E-state index in [0.29, 0.717) is 0 Å². The van der Waals surface area contributed by atoms with Crippen LogP contribution in [0.4, 0.5) is 0 Å². The maximum atomic E-state index is 4.62. The average molecular weight is 281 g/mol. The normalized spacial score (nSPS) is 10.9. The predicted octanol–water partition coefficient (Wildman–Crippen LogP) is 2.23. The van der Waals surface area contributed by atoms with Crippen LogP contribution in [0.2, 0.25) is 0 Å². The number of hydrogen-bond acceptors (Lipinski definition) is 3. The van der Waals surface area contributed by atoms with Crippen LogP contribution in [0.25, 0.3) is 5.69 Å². The Bertz CT molecular complexity index is 684. The molecule has 0 spiro atoms. The Hall–Kier alpha value is -2.40. The fourth-order valence-electron chi connectivity index (χ4n) is 2.23. The van der Waals surface area contributed by atoms with Crippen molar-refractivity contribution in [2.75, 3.05) is 6.54 Å². The SMILES string of the molecule is CCNCc1nccn1Cc1ccn(-c2ccccc2)n1. The lowest BCUT2D eigenvalue weighted by molar-refractivity contribution is 0.631. The Morgan fingerprint density at radius 3 is 2.76 bits per heavy atom. The lowest BCUT2D eigenvalue weighted by Gasteiger charge is -2.06. The van der Waals surface area contributed by atoms with E-state index in [2.05, 4.69) is 26.9 Å². The molecule has 0 bridgehead atoms. The number of imidazole rings is 1. The molecule has 0 amide bonds. The van der Waals surface area contributed by atoms with E-state index < -0.39 is 0 Å². The number of nitrogens with zero attached hydrogens (tertiary/aromatic N) is 4. The third-order valence-corrected chi connectivity index (χ3v) is 3.33. The molecular formula is C16H19N5. The van der Waals surface area contributed by atoms with Crippen molar-refractivity contribution in [2.24, 2.45) is 0 Å². The first kappa shape index (κ1) is 13.6. The van der Waals surface area contributed by atoms with Gasteiger partial charge in [0.05, 0.1) is 24.5 Å². The highest BCUT2D eigenvalue weighted by Crippen LogP contribution is 2.09. The van der Waals surface area contributed by atoms with Crippen LogP contribution in [-0.4, -0.2) is 25.9 Å². The Balaban J connectivity index is 1.74. The number of benzene rings is 1. The molecule has 0 aliphatic carbocycles. The summed E-state index contributed by atoms with van der Waals surface area (Å²) >= 11 is 0. The Labute approximate surface area is 124 Å². The van der Waals surface area contributed by atoms with Gasteiger partial charge in [0.15, 0.2) is 0 Å². The number of para-hydroxylation sites is 1. The quantitative estimate of drug-likeness (QED) is 0.753. The van der Waals surface area contributed by atoms with Crippen molar-refractivity contribution in [1.29, 1.82) is 0 Å². The largest absolute Gasteiger partial charge is 0.328 e. The van der Waals surface area contributed by atoms with Crippen LogP contribution in [0.1, 0.15) is 18.4 Å². The van der Waals surface area contributed by atoms with Crippen LogP contribution in [-0.2, 0) is 13.1 Å². The smallest absolute Gasteiger partial charge is 0.123 e. The maximum absolute atomic E-state index is 4.62. The minimum Gasteiger partial charge on any atom is -0.328 e. The molecule has 0 aliphatic heterocycles. The number of nitrogens with one attached hydrogen (secondary N) is 1. The molecule has 1 N–H and O–H groups in total. The highest BCUT2D eigenvalue weighted by atomic mass is 15.3. The van der Waals surface area contributed by atoms with Gasteiger partial charge in [-0.05, 0) is 24.7 Å². The van der Waals surface area contributed by atoms with Gasteiger partial charge in [0.25, 0.3) is 0 Å². The van der Waals surface area contributed by atoms with E-state index in [1.165, 1.54) is 0 Å². The van der Waals surface area contributed by atoms with Gasteiger partial charge in [0, 0.05) is 18.6 Å². The molecule has 0 atom stereocenters. The maximum Gasteiger partial charge on any atom is 0.123 e. The van der Waals surface area contributed by atoms with Crippen LogP contribution in [0.15, 0.2) is 55.0 Å². The predicted molar refractivity (Wildman–Crippen MR) is 82.3 cm³/mol. The molecule has 0 unspecified atom stereocenters. The lowest BCUT2D eigenvalue weighted by Crippen LogP contribution is -2.16. The molecule has 2 aromatic heterocycles. The van der Waals surface area contributed by atoms with Crippen LogP contribution in [0.5, 0.6) is 0 Å². The van der Waals surface area contributed by atoms with Gasteiger partial charge in [-0.25, -0.2) is 9.67 Å². The van der Waals surface area contributed by atoms with Crippen molar-refractivity contribution in [1.82, 2.24) is 24.6 Å². The highest BCUT2D eigenvalue weighted by molar-refractivity contribution is 5.30. The van der Waals surface area contributed by atoms with Crippen LogP contribution >= 0.6 is 0 Å². The standard InChI is InChI=1S/C16H19N5/c1-2-17-12-16-18-9-11-20(16)13-14-8-10-21(19-14)15-6-4-3-5-7-15/h3-11,17H,2,12-13H2,1H3. The first-order chi connectivity index (χ1) is 10.4. The van der Waals surface area contributed by atoms with Crippen LogP contribution in [0.3, 0.4) is 0 Å². The van der Waals surface area contributed by atoms with Gasteiger partial charge in [0.2, 0.25) is 0 Å². The zero-order valence-electron chi connectivity index (χ0n) is 12.1. The van der Waals surface area contributed by atoms with E-state index >= 15 is 0 Å². The molecule has 0 aliphatic rings. The number of aromatic nitrogens is 4. The molecule has 0 saturated carbocycles. The van der Waals surface area contributed by atoms with Gasteiger partial charge in [0.1, 0.15) is 5.82 Å². The van der Waals surface area contributed by atoms with Gasteiger partial charge in [-0.2, -0.15) is 5.10 Å². The number of hydrogen-bond donors (Lipinski definition) is 1. The van der Waals surface area contributed by atoms with Crippen LogP contribution < -0.4 is 5.32 Å². The summed E-state index contributed by atoms with van der Waals surface area (Å²) in [5, 5.41) is 7.92. The Kier molecular flexibility index (Phi) is 4.12. The fourth-order valence-corrected chi connectivity index (χ4v) is 2.23. The molecular weight excluding hydrogens is 262 g/mol. The van der Waals surface area contributed by atoms with Crippen molar-refractivity contribution in [3.8, 4) is 5.69 Å². The van der Waals surface area contributed by atoms with Gasteiger partial charge < -0.3 is 9.88 Å². The second-order valence-corrected chi connectivity index (χ2v) is 4.84. The topological polar surface area (TPSA) is 47.7 Å². The van der Waals surface area contributed by atoms with E-state index in [1.807, 2.05) is 59.7 Å². The van der Waals surface area contributed by atoms with Crippen molar-refractivity contribution >= 4 is 0 Å². The molecule has 2 heterocycles. The summed E-state index contributed by atoms with van der Waals surface area (Å²) in [4.78, 5) is 4.38. The molecule has 1 aromatic carbocycles. The minimum absolute atomic E-state index is 0.737. The highest BCUT2D eigenvalue weighted by Gasteiger charge is 2.06. The molecule has 0 fully saturated rings. The molecule has 5 heteroatoms. The Morgan fingerprint density at radius 2 is 1.95 bits per heavy atom. The van der Waals surface area contributed by atoms with Crippen molar-refractivity contribution in [3.05, 3.63) is 66.5 Å². The number of rotatable bonds is 6. The first-order valence-corrected chi connectivity index (χ1v) is 7.17. The summed E-state index contributed by atoms with van der Waals surface area (Å²) in [5.74, 6) is 1.03. The zero-order chi connectivity index (χ0) is 14.5. The van der Waals surface area contributed by atoms with E-state index in [1.54, 1.807) is 0 Å². The first-order valence-electron chi connectivity index (χ1n) is 7.17. The van der Waals surface area contributed by atoms with E-state index in [4.69, 9.17) is 0 Å². The van der Waals surface area contributed by atoms with Gasteiger partial charge in [-0.15, -0.1) is 0 Å². The lowest BCUT2D eigenvalue weighted by atomic mass is 10.3. The van der Waals surface area contributed by atoms with Crippen LogP contribution in [0, 0.1) is 0 Å². The third-order valence-electron chi connectivity index (χ3n) is 3.33. The second-order valence-electron chi connectivity index (χ2n) is 4.84. The molecule has 0 radical (unpaired) electrons. The second kappa shape index (κ2) is 6.37. The van der Waals surface area contributed by atoms with Crippen molar-refractivity contribution in [3.63, 3.8) is 0 Å². The molecule has 3 aromatic rings. The summed E-state index contributed by atoms with van der Waals surface area (Å²) in [6, 6.07) is 12.2.